The molecule has 2 bridgehead atoms. The highest BCUT2D eigenvalue weighted by atomic mass is 35.5. The summed E-state index contributed by atoms with van der Waals surface area (Å²) in [7, 11) is 0. The van der Waals surface area contributed by atoms with Gasteiger partial charge in [0.05, 0.1) is 11.5 Å². The van der Waals surface area contributed by atoms with E-state index in [0.717, 1.165) is 18.4 Å². The Morgan fingerprint density at radius 2 is 2.28 bits per heavy atom. The van der Waals surface area contributed by atoms with Crippen molar-refractivity contribution in [3.05, 3.63) is 34.6 Å². The second-order valence-corrected chi connectivity index (χ2v) is 6.17. The van der Waals surface area contributed by atoms with Gasteiger partial charge in [0.15, 0.2) is 0 Å². The third-order valence-electron chi connectivity index (χ3n) is 4.71. The fourth-order valence-corrected chi connectivity index (χ4v) is 4.04. The fraction of sp³-hybridized carbons (Fsp3) is 0.533. The maximum Gasteiger partial charge on any atom is 0.123 e. The van der Waals surface area contributed by atoms with Crippen molar-refractivity contribution in [2.75, 3.05) is 0 Å². The molecule has 0 spiro atoms. The third kappa shape index (κ3) is 1.82. The van der Waals surface area contributed by atoms with Gasteiger partial charge in [-0.1, -0.05) is 18.0 Å². The molecular weight excluding hydrogens is 249 g/mol. The molecule has 2 fully saturated rings. The Bertz CT molecular complexity index is 522. The van der Waals surface area contributed by atoms with Crippen molar-refractivity contribution in [1.82, 2.24) is 0 Å². The number of fused-ring (bicyclic) bond motifs is 2. The minimum atomic E-state index is -0.305. The molecule has 3 atom stereocenters. The number of nitrogens with zero attached hydrogens (tertiary/aromatic N) is 1. The molecule has 0 aromatic heterocycles. The van der Waals surface area contributed by atoms with Crippen LogP contribution in [-0.4, -0.2) is 0 Å². The molecule has 0 heterocycles. The van der Waals surface area contributed by atoms with Gasteiger partial charge in [0.1, 0.15) is 5.82 Å². The summed E-state index contributed by atoms with van der Waals surface area (Å²) < 4.78 is 13.3. The maximum absolute atomic E-state index is 13.3. The molecule has 2 saturated carbocycles. The van der Waals surface area contributed by atoms with Crippen LogP contribution in [0.2, 0.25) is 5.02 Å². The van der Waals surface area contributed by atoms with Gasteiger partial charge in [-0.15, -0.1) is 0 Å². The van der Waals surface area contributed by atoms with E-state index in [2.05, 4.69) is 6.07 Å². The second-order valence-electron chi connectivity index (χ2n) is 5.76. The highest BCUT2D eigenvalue weighted by molar-refractivity contribution is 6.31. The van der Waals surface area contributed by atoms with Gasteiger partial charge in [0.2, 0.25) is 0 Å². The van der Waals surface area contributed by atoms with E-state index in [1.54, 1.807) is 6.07 Å². The van der Waals surface area contributed by atoms with Crippen LogP contribution in [0.1, 0.15) is 31.2 Å². The summed E-state index contributed by atoms with van der Waals surface area (Å²) >= 11 is 6.12. The van der Waals surface area contributed by atoms with Crippen LogP contribution >= 0.6 is 11.6 Å². The summed E-state index contributed by atoms with van der Waals surface area (Å²) in [6, 6.07) is 6.96. The average molecular weight is 264 g/mol. The van der Waals surface area contributed by atoms with Crippen LogP contribution in [0.25, 0.3) is 0 Å². The molecule has 0 saturated heterocycles. The molecule has 1 aromatic rings. The largest absolute Gasteiger partial charge is 0.207 e. The lowest BCUT2D eigenvalue weighted by Gasteiger charge is -2.31. The predicted octanol–water partition coefficient (Wildman–Crippen LogP) is 4.35. The third-order valence-corrected chi connectivity index (χ3v) is 5.08. The molecule has 0 aliphatic heterocycles. The lowest BCUT2D eigenvalue weighted by atomic mass is 9.70. The quantitative estimate of drug-likeness (QED) is 0.778. The van der Waals surface area contributed by atoms with Crippen LogP contribution in [0.4, 0.5) is 4.39 Å². The van der Waals surface area contributed by atoms with E-state index >= 15 is 0 Å². The number of hydrogen-bond acceptors (Lipinski definition) is 1. The van der Waals surface area contributed by atoms with Crippen molar-refractivity contribution in [3.63, 3.8) is 0 Å². The van der Waals surface area contributed by atoms with E-state index in [4.69, 9.17) is 11.6 Å². The Morgan fingerprint density at radius 3 is 2.89 bits per heavy atom. The smallest absolute Gasteiger partial charge is 0.123 e. The highest BCUT2D eigenvalue weighted by Crippen LogP contribution is 2.57. The first-order chi connectivity index (χ1) is 8.63. The predicted molar refractivity (Wildman–Crippen MR) is 68.6 cm³/mol. The summed E-state index contributed by atoms with van der Waals surface area (Å²) in [5.41, 5.74) is 0.478. The van der Waals surface area contributed by atoms with E-state index in [1.807, 2.05) is 0 Å². The summed E-state index contributed by atoms with van der Waals surface area (Å²) in [5.74, 6) is 0.902. The van der Waals surface area contributed by atoms with Gasteiger partial charge in [0, 0.05) is 5.02 Å². The molecule has 3 unspecified atom stereocenters. The highest BCUT2D eigenvalue weighted by Gasteiger charge is 2.51. The number of halogens is 2. The van der Waals surface area contributed by atoms with Crippen LogP contribution in [-0.2, 0) is 6.42 Å². The van der Waals surface area contributed by atoms with E-state index in [-0.39, 0.29) is 11.2 Å². The topological polar surface area (TPSA) is 23.8 Å². The second kappa shape index (κ2) is 4.24. The number of hydrogen-bond donors (Lipinski definition) is 0. The van der Waals surface area contributed by atoms with Crippen LogP contribution in [0.15, 0.2) is 18.2 Å². The molecule has 3 rings (SSSR count). The first-order valence-electron chi connectivity index (χ1n) is 6.48. The summed E-state index contributed by atoms with van der Waals surface area (Å²) in [6.07, 6.45) is 5.12. The lowest BCUT2D eigenvalue weighted by Crippen LogP contribution is -2.28. The fourth-order valence-electron chi connectivity index (χ4n) is 3.86. The summed E-state index contributed by atoms with van der Waals surface area (Å²) in [4.78, 5) is 0. The van der Waals surface area contributed by atoms with E-state index in [0.29, 0.717) is 23.3 Å². The zero-order valence-electron chi connectivity index (χ0n) is 10.1. The Kier molecular flexibility index (Phi) is 2.83. The maximum atomic E-state index is 13.3. The first-order valence-corrected chi connectivity index (χ1v) is 6.86. The molecule has 1 nitrogen and oxygen atoms in total. The zero-order chi connectivity index (χ0) is 12.8. The van der Waals surface area contributed by atoms with Gasteiger partial charge in [-0.25, -0.2) is 4.39 Å². The minimum absolute atomic E-state index is 0.273. The molecule has 0 N–H and O–H groups in total. The Hall–Kier alpha value is -1.07. The van der Waals surface area contributed by atoms with Crippen molar-refractivity contribution in [1.29, 1.82) is 5.26 Å². The van der Waals surface area contributed by atoms with Gasteiger partial charge in [-0.2, -0.15) is 5.26 Å². The van der Waals surface area contributed by atoms with Gasteiger partial charge in [0.25, 0.3) is 0 Å². The van der Waals surface area contributed by atoms with Gasteiger partial charge in [-0.3, -0.25) is 0 Å². The molecular formula is C15H15ClFN. The molecule has 0 radical (unpaired) electrons. The van der Waals surface area contributed by atoms with Crippen molar-refractivity contribution >= 4 is 11.6 Å². The number of rotatable bonds is 2. The first kappa shape index (κ1) is 12.0. The van der Waals surface area contributed by atoms with Gasteiger partial charge < -0.3 is 0 Å². The molecule has 3 heteroatoms. The zero-order valence-corrected chi connectivity index (χ0v) is 10.9. The molecule has 0 amide bonds. The van der Waals surface area contributed by atoms with Crippen LogP contribution in [0.3, 0.4) is 0 Å². The van der Waals surface area contributed by atoms with E-state index in [1.165, 1.54) is 25.0 Å². The Labute approximate surface area is 112 Å². The molecule has 18 heavy (non-hydrogen) atoms. The van der Waals surface area contributed by atoms with E-state index in [9.17, 15) is 9.65 Å². The van der Waals surface area contributed by atoms with Crippen LogP contribution < -0.4 is 0 Å². The normalized spacial score (nSPS) is 33.6. The van der Waals surface area contributed by atoms with Gasteiger partial charge >= 0.3 is 0 Å². The lowest BCUT2D eigenvalue weighted by molar-refractivity contribution is 0.239. The average Bonchev–Trinajstić information content (AvgIpc) is 2.94. The van der Waals surface area contributed by atoms with Crippen molar-refractivity contribution < 1.29 is 4.39 Å². The van der Waals surface area contributed by atoms with Crippen molar-refractivity contribution in [2.45, 2.75) is 32.1 Å². The summed E-state index contributed by atoms with van der Waals surface area (Å²) in [6.45, 7) is 0. The van der Waals surface area contributed by atoms with Gasteiger partial charge in [-0.05, 0) is 61.3 Å². The summed E-state index contributed by atoms with van der Waals surface area (Å²) in [5, 5.41) is 10.2. The molecule has 94 valence electrons. The Balaban J connectivity index is 1.91. The molecule has 2 aliphatic rings. The van der Waals surface area contributed by atoms with Crippen LogP contribution in [0.5, 0.6) is 0 Å². The van der Waals surface area contributed by atoms with Crippen LogP contribution in [0, 0.1) is 34.4 Å². The number of nitriles is 1. The number of benzene rings is 1. The standard InChI is InChI=1S/C15H15ClFN/c16-14-4-3-13(17)6-11(14)8-15(9-18)7-10-1-2-12(15)5-10/h3-4,6,10,12H,1-2,5,7-8H2. The van der Waals surface area contributed by atoms with E-state index < -0.39 is 0 Å². The molecule has 1 aromatic carbocycles. The Morgan fingerprint density at radius 1 is 1.44 bits per heavy atom. The SMILES string of the molecule is N#CC1(Cc2cc(F)ccc2Cl)CC2CCC1C2. The monoisotopic (exact) mass is 263 g/mol. The molecule has 2 aliphatic carbocycles. The van der Waals surface area contributed by atoms with Crippen molar-refractivity contribution in [3.8, 4) is 6.07 Å². The minimum Gasteiger partial charge on any atom is -0.207 e. The van der Waals surface area contributed by atoms with Crippen molar-refractivity contribution in [2.24, 2.45) is 17.3 Å².